The van der Waals surface area contributed by atoms with E-state index in [0.717, 1.165) is 0 Å². The number of alkyl halides is 2. The van der Waals surface area contributed by atoms with E-state index >= 15 is 0 Å². The quantitative estimate of drug-likeness (QED) is 0.791. The molecule has 1 aromatic rings. The van der Waals surface area contributed by atoms with Gasteiger partial charge in [0, 0.05) is 10.0 Å². The first-order valence-electron chi connectivity index (χ1n) is 4.17. The summed E-state index contributed by atoms with van der Waals surface area (Å²) < 4.78 is 28.7. The Bertz CT molecular complexity index is 391. The van der Waals surface area contributed by atoms with Crippen molar-refractivity contribution in [2.75, 3.05) is 0 Å². The van der Waals surface area contributed by atoms with Crippen LogP contribution in [0.25, 0.3) is 0 Å². The van der Waals surface area contributed by atoms with Gasteiger partial charge in [0.25, 0.3) is 0 Å². The van der Waals surface area contributed by atoms with Gasteiger partial charge in [-0.05, 0) is 31.5 Å². The van der Waals surface area contributed by atoms with Crippen LogP contribution in [0.3, 0.4) is 0 Å². The minimum absolute atomic E-state index is 0.0207. The van der Waals surface area contributed by atoms with Crippen LogP contribution in [0.2, 0.25) is 0 Å². The monoisotopic (exact) mass is 278 g/mol. The predicted molar refractivity (Wildman–Crippen MR) is 55.5 cm³/mol. The largest absolute Gasteiger partial charge is 0.435 e. The topological polar surface area (TPSA) is 26.3 Å². The summed E-state index contributed by atoms with van der Waals surface area (Å²) in [6.45, 7) is 0.216. The SMILES string of the molecule is CC(=O)c1cc(OC(F)F)cc(Br)c1C. The predicted octanol–water partition coefficient (Wildman–Crippen LogP) is 3.56. The van der Waals surface area contributed by atoms with E-state index in [4.69, 9.17) is 0 Å². The molecule has 0 aromatic heterocycles. The molecule has 0 heterocycles. The van der Waals surface area contributed by atoms with Crippen LogP contribution in [-0.2, 0) is 0 Å². The average molecular weight is 279 g/mol. The number of ether oxygens (including phenoxy) is 1. The third-order valence-electron chi connectivity index (χ3n) is 1.92. The van der Waals surface area contributed by atoms with E-state index < -0.39 is 6.61 Å². The third kappa shape index (κ3) is 2.99. The summed E-state index contributed by atoms with van der Waals surface area (Å²) >= 11 is 3.18. The van der Waals surface area contributed by atoms with Crippen molar-refractivity contribution in [1.29, 1.82) is 0 Å². The van der Waals surface area contributed by atoms with E-state index in [2.05, 4.69) is 20.7 Å². The fraction of sp³-hybridized carbons (Fsp3) is 0.300. The Balaban J connectivity index is 3.17. The number of Topliss-reactive ketones (excluding diaryl/α,β-unsaturated/α-hetero) is 1. The zero-order chi connectivity index (χ0) is 11.6. The minimum Gasteiger partial charge on any atom is -0.435 e. The lowest BCUT2D eigenvalue weighted by molar-refractivity contribution is -0.0499. The summed E-state index contributed by atoms with van der Waals surface area (Å²) in [5.74, 6) is -0.208. The highest BCUT2D eigenvalue weighted by atomic mass is 79.9. The molecule has 0 unspecified atom stereocenters. The van der Waals surface area contributed by atoms with Crippen molar-refractivity contribution in [2.45, 2.75) is 20.5 Å². The number of carbonyl (C=O) groups is 1. The standard InChI is InChI=1S/C10H9BrF2O2/c1-5-8(6(2)14)3-7(4-9(5)11)15-10(12)13/h3-4,10H,1-2H3. The second kappa shape index (κ2) is 4.70. The summed E-state index contributed by atoms with van der Waals surface area (Å²) in [6.07, 6.45) is 0. The highest BCUT2D eigenvalue weighted by Gasteiger charge is 2.12. The van der Waals surface area contributed by atoms with Crippen molar-refractivity contribution in [1.82, 2.24) is 0 Å². The molecule has 0 fully saturated rings. The van der Waals surface area contributed by atoms with Crippen LogP contribution in [0.1, 0.15) is 22.8 Å². The second-order valence-electron chi connectivity index (χ2n) is 3.01. The molecule has 0 atom stereocenters. The highest BCUT2D eigenvalue weighted by Crippen LogP contribution is 2.27. The number of rotatable bonds is 3. The van der Waals surface area contributed by atoms with Crippen molar-refractivity contribution in [3.8, 4) is 5.75 Å². The van der Waals surface area contributed by atoms with Gasteiger partial charge >= 0.3 is 6.61 Å². The van der Waals surface area contributed by atoms with Crippen LogP contribution >= 0.6 is 15.9 Å². The Labute approximate surface area is 94.4 Å². The number of carbonyl (C=O) groups excluding carboxylic acids is 1. The van der Waals surface area contributed by atoms with Gasteiger partial charge < -0.3 is 4.74 Å². The fourth-order valence-electron chi connectivity index (χ4n) is 1.19. The molecule has 0 radical (unpaired) electrons. The molecule has 2 nitrogen and oxygen atoms in total. The van der Waals surface area contributed by atoms with Crippen LogP contribution in [0.15, 0.2) is 16.6 Å². The molecule has 0 N–H and O–H groups in total. The Morgan fingerprint density at radius 1 is 1.47 bits per heavy atom. The molecule has 0 aliphatic rings. The molecule has 0 amide bonds. The molecule has 5 heteroatoms. The van der Waals surface area contributed by atoms with Crippen molar-refractivity contribution in [2.24, 2.45) is 0 Å². The molecular weight excluding hydrogens is 270 g/mol. The van der Waals surface area contributed by atoms with Crippen LogP contribution < -0.4 is 4.74 Å². The third-order valence-corrected chi connectivity index (χ3v) is 2.75. The van der Waals surface area contributed by atoms with E-state index in [1.54, 1.807) is 6.92 Å². The fourth-order valence-corrected chi connectivity index (χ4v) is 1.63. The molecule has 0 aliphatic carbocycles. The van der Waals surface area contributed by atoms with E-state index in [1.165, 1.54) is 19.1 Å². The number of hydrogen-bond donors (Lipinski definition) is 0. The first kappa shape index (κ1) is 12.1. The number of benzene rings is 1. The summed E-state index contributed by atoms with van der Waals surface area (Å²) in [7, 11) is 0. The Morgan fingerprint density at radius 2 is 2.07 bits per heavy atom. The smallest absolute Gasteiger partial charge is 0.387 e. The molecule has 0 saturated heterocycles. The molecule has 0 saturated carbocycles. The summed E-state index contributed by atoms with van der Waals surface area (Å²) in [6, 6.07) is 2.72. The van der Waals surface area contributed by atoms with Gasteiger partial charge in [-0.2, -0.15) is 8.78 Å². The maximum atomic E-state index is 12.0. The second-order valence-corrected chi connectivity index (χ2v) is 3.87. The van der Waals surface area contributed by atoms with Crippen molar-refractivity contribution in [3.63, 3.8) is 0 Å². The van der Waals surface area contributed by atoms with Crippen molar-refractivity contribution >= 4 is 21.7 Å². The van der Waals surface area contributed by atoms with E-state index in [0.29, 0.717) is 15.6 Å². The Kier molecular flexibility index (Phi) is 3.79. The van der Waals surface area contributed by atoms with E-state index in [9.17, 15) is 13.6 Å². The lowest BCUT2D eigenvalue weighted by Crippen LogP contribution is -2.04. The molecule has 0 spiro atoms. The van der Waals surface area contributed by atoms with Crippen molar-refractivity contribution in [3.05, 3.63) is 27.7 Å². The minimum atomic E-state index is -2.89. The summed E-state index contributed by atoms with van der Waals surface area (Å²) in [5, 5.41) is 0. The Hall–Kier alpha value is -0.970. The van der Waals surface area contributed by atoms with Gasteiger partial charge in [-0.1, -0.05) is 15.9 Å². The lowest BCUT2D eigenvalue weighted by Gasteiger charge is -2.09. The summed E-state index contributed by atoms with van der Waals surface area (Å²) in [5.41, 5.74) is 1.09. The maximum absolute atomic E-state index is 12.0. The Morgan fingerprint density at radius 3 is 2.53 bits per heavy atom. The van der Waals surface area contributed by atoms with Crippen LogP contribution in [0.5, 0.6) is 5.75 Å². The molecule has 1 rings (SSSR count). The van der Waals surface area contributed by atoms with Crippen LogP contribution in [0, 0.1) is 6.92 Å². The number of ketones is 1. The zero-order valence-corrected chi connectivity index (χ0v) is 9.77. The zero-order valence-electron chi connectivity index (χ0n) is 8.18. The first-order valence-corrected chi connectivity index (χ1v) is 4.97. The lowest BCUT2D eigenvalue weighted by atomic mass is 10.1. The average Bonchev–Trinajstić information content (AvgIpc) is 2.09. The normalized spacial score (nSPS) is 10.5. The van der Waals surface area contributed by atoms with Gasteiger partial charge in [0.15, 0.2) is 5.78 Å². The molecular formula is C10H9BrF2O2. The van der Waals surface area contributed by atoms with Gasteiger partial charge in [-0.3, -0.25) is 4.79 Å². The number of hydrogen-bond acceptors (Lipinski definition) is 2. The summed E-state index contributed by atoms with van der Waals surface area (Å²) in [4.78, 5) is 11.2. The van der Waals surface area contributed by atoms with Gasteiger partial charge in [-0.15, -0.1) is 0 Å². The van der Waals surface area contributed by atoms with Crippen LogP contribution in [0.4, 0.5) is 8.78 Å². The first-order chi connectivity index (χ1) is 6.91. The van der Waals surface area contributed by atoms with Gasteiger partial charge in [0.2, 0.25) is 0 Å². The van der Waals surface area contributed by atoms with Crippen LogP contribution in [-0.4, -0.2) is 12.4 Å². The van der Waals surface area contributed by atoms with Gasteiger partial charge in [0.1, 0.15) is 5.75 Å². The molecule has 15 heavy (non-hydrogen) atoms. The molecule has 82 valence electrons. The van der Waals surface area contributed by atoms with Crippen molar-refractivity contribution < 1.29 is 18.3 Å². The van der Waals surface area contributed by atoms with Gasteiger partial charge in [0.05, 0.1) is 0 Å². The van der Waals surface area contributed by atoms with Gasteiger partial charge in [-0.25, -0.2) is 0 Å². The van der Waals surface area contributed by atoms with E-state index in [-0.39, 0.29) is 11.5 Å². The maximum Gasteiger partial charge on any atom is 0.387 e. The molecule has 1 aromatic carbocycles. The highest BCUT2D eigenvalue weighted by molar-refractivity contribution is 9.10. The molecule has 0 aliphatic heterocycles. The van der Waals surface area contributed by atoms with E-state index in [1.807, 2.05) is 0 Å². The molecule has 0 bridgehead atoms. The number of halogens is 3.